The summed E-state index contributed by atoms with van der Waals surface area (Å²) < 4.78 is 17.4. The van der Waals surface area contributed by atoms with Crippen LogP contribution in [0.4, 0.5) is 0 Å². The maximum atomic E-state index is 5.94. The van der Waals surface area contributed by atoms with Crippen LogP contribution < -0.4 is 0 Å². The van der Waals surface area contributed by atoms with Gasteiger partial charge in [-0.2, -0.15) is 0 Å². The minimum Gasteiger partial charge on any atom is -0.381 e. The van der Waals surface area contributed by atoms with E-state index in [2.05, 4.69) is 33.4 Å². The molecule has 0 rings (SSSR count). The van der Waals surface area contributed by atoms with E-state index in [1.807, 2.05) is 0 Å². The highest BCUT2D eigenvalue weighted by Gasteiger charge is 2.26. The molecule has 0 N–H and O–H groups in total. The summed E-state index contributed by atoms with van der Waals surface area (Å²) in [5, 5.41) is 0. The molecule has 1 atom stereocenters. The molecule has 1 unspecified atom stereocenters. The van der Waals surface area contributed by atoms with E-state index in [9.17, 15) is 0 Å². The Morgan fingerprint density at radius 3 is 1.71 bits per heavy atom. The van der Waals surface area contributed by atoms with E-state index in [0.29, 0.717) is 0 Å². The van der Waals surface area contributed by atoms with Crippen molar-refractivity contribution in [3.05, 3.63) is 12.7 Å². The van der Waals surface area contributed by atoms with E-state index in [1.165, 1.54) is 19.3 Å². The fourth-order valence-electron chi connectivity index (χ4n) is 2.55. The molecular weight excluding hydrogens is 300 g/mol. The average molecular weight is 343 g/mol. The Morgan fingerprint density at radius 1 is 0.667 bits per heavy atom. The minimum absolute atomic E-state index is 0.0219. The lowest BCUT2D eigenvalue weighted by Crippen LogP contribution is -2.27. The highest BCUT2D eigenvalue weighted by atomic mass is 16.5. The van der Waals surface area contributed by atoms with Crippen LogP contribution in [0.1, 0.15) is 78.6 Å². The monoisotopic (exact) mass is 342 g/mol. The average Bonchev–Trinajstić information content (AvgIpc) is 2.61. The van der Waals surface area contributed by atoms with Gasteiger partial charge in [-0.3, -0.25) is 0 Å². The molecule has 144 valence electrons. The molecule has 0 aliphatic rings. The van der Waals surface area contributed by atoms with Crippen LogP contribution in [-0.4, -0.2) is 39.6 Å². The highest BCUT2D eigenvalue weighted by molar-refractivity contribution is 4.95. The highest BCUT2D eigenvalue weighted by Crippen LogP contribution is 2.30. The Morgan fingerprint density at radius 2 is 1.17 bits per heavy atom. The zero-order chi connectivity index (χ0) is 17.9. The number of hydrogen-bond donors (Lipinski definition) is 0. The van der Waals surface area contributed by atoms with Crippen molar-refractivity contribution in [2.45, 2.75) is 78.6 Å². The van der Waals surface area contributed by atoms with E-state index in [-0.39, 0.29) is 5.41 Å². The Labute approximate surface area is 151 Å². The van der Waals surface area contributed by atoms with Gasteiger partial charge < -0.3 is 14.2 Å². The molecule has 0 amide bonds. The van der Waals surface area contributed by atoms with Gasteiger partial charge in [0.15, 0.2) is 0 Å². The van der Waals surface area contributed by atoms with Gasteiger partial charge in [-0.15, -0.1) is 6.58 Å². The number of ether oxygens (including phenoxy) is 3. The lowest BCUT2D eigenvalue weighted by Gasteiger charge is -2.30. The molecule has 0 saturated heterocycles. The third-order valence-electron chi connectivity index (χ3n) is 4.46. The van der Waals surface area contributed by atoms with E-state index >= 15 is 0 Å². The third kappa shape index (κ3) is 13.0. The van der Waals surface area contributed by atoms with Gasteiger partial charge >= 0.3 is 0 Å². The summed E-state index contributed by atoms with van der Waals surface area (Å²) in [5.41, 5.74) is 0.0219. The topological polar surface area (TPSA) is 27.7 Å². The second-order valence-corrected chi connectivity index (χ2v) is 6.76. The molecule has 0 aromatic heterocycles. The number of unbranched alkanes of at least 4 members (excludes halogenated alkanes) is 3. The van der Waals surface area contributed by atoms with Gasteiger partial charge in [0.2, 0.25) is 0 Å². The molecule has 0 aliphatic heterocycles. The van der Waals surface area contributed by atoms with Gasteiger partial charge in [0.1, 0.15) is 0 Å². The van der Waals surface area contributed by atoms with Crippen molar-refractivity contribution in [3.63, 3.8) is 0 Å². The van der Waals surface area contributed by atoms with Crippen molar-refractivity contribution >= 4 is 0 Å². The van der Waals surface area contributed by atoms with Gasteiger partial charge in [-0.1, -0.05) is 46.1 Å². The second kappa shape index (κ2) is 17.4. The van der Waals surface area contributed by atoms with Crippen LogP contribution in [0, 0.1) is 5.41 Å². The molecule has 3 heteroatoms. The van der Waals surface area contributed by atoms with Gasteiger partial charge in [0.25, 0.3) is 0 Å². The summed E-state index contributed by atoms with van der Waals surface area (Å²) >= 11 is 0. The Hall–Kier alpha value is -0.380. The first kappa shape index (κ1) is 23.6. The van der Waals surface area contributed by atoms with Crippen molar-refractivity contribution in [3.8, 4) is 0 Å². The minimum atomic E-state index is 0.0219. The summed E-state index contributed by atoms with van der Waals surface area (Å²) in [6, 6.07) is 0. The molecule has 0 radical (unpaired) electrons. The van der Waals surface area contributed by atoms with Crippen LogP contribution in [0.25, 0.3) is 0 Å². The largest absolute Gasteiger partial charge is 0.381 e. The van der Waals surface area contributed by atoms with Crippen molar-refractivity contribution in [1.29, 1.82) is 0 Å². The van der Waals surface area contributed by atoms with Crippen molar-refractivity contribution in [2.24, 2.45) is 5.41 Å². The standard InChI is InChI=1S/C21H42O3/c1-5-9-15-22-18-12-13-21(8-4,20-24-17-11-7-3)14-19-23-16-10-6-2/h8H,4-7,9-20H2,1-3H3. The first-order valence-corrected chi connectivity index (χ1v) is 10.1. The lowest BCUT2D eigenvalue weighted by atomic mass is 9.81. The summed E-state index contributed by atoms with van der Waals surface area (Å²) in [6.07, 6.45) is 12.2. The van der Waals surface area contributed by atoms with Crippen molar-refractivity contribution < 1.29 is 14.2 Å². The molecule has 0 saturated carbocycles. The SMILES string of the molecule is C=CC(CCCOCCCC)(CCOCCCC)COCCCC. The predicted molar refractivity (Wildman–Crippen MR) is 104 cm³/mol. The van der Waals surface area contributed by atoms with Crippen molar-refractivity contribution in [2.75, 3.05) is 39.6 Å². The smallest absolute Gasteiger partial charge is 0.0557 e. The maximum Gasteiger partial charge on any atom is 0.0557 e. The normalized spacial score (nSPS) is 13.8. The first-order valence-electron chi connectivity index (χ1n) is 10.1. The molecule has 24 heavy (non-hydrogen) atoms. The zero-order valence-corrected chi connectivity index (χ0v) is 16.6. The number of rotatable bonds is 19. The molecule has 0 heterocycles. The van der Waals surface area contributed by atoms with E-state index in [1.54, 1.807) is 0 Å². The Balaban J connectivity index is 4.23. The van der Waals surface area contributed by atoms with Gasteiger partial charge in [-0.25, -0.2) is 0 Å². The Bertz CT molecular complexity index is 268. The van der Waals surface area contributed by atoms with Crippen LogP contribution in [0.5, 0.6) is 0 Å². The molecule has 0 aliphatic carbocycles. The first-order chi connectivity index (χ1) is 11.7. The molecule has 0 aromatic carbocycles. The van der Waals surface area contributed by atoms with Crippen LogP contribution >= 0.6 is 0 Å². The summed E-state index contributed by atoms with van der Waals surface area (Å²) in [5.74, 6) is 0. The zero-order valence-electron chi connectivity index (χ0n) is 16.6. The van der Waals surface area contributed by atoms with Crippen molar-refractivity contribution in [1.82, 2.24) is 0 Å². The van der Waals surface area contributed by atoms with Gasteiger partial charge in [0.05, 0.1) is 6.61 Å². The molecule has 0 spiro atoms. The molecule has 0 aromatic rings. The van der Waals surface area contributed by atoms with E-state index in [4.69, 9.17) is 14.2 Å². The predicted octanol–water partition coefficient (Wildman–Crippen LogP) is 5.78. The molecule has 0 bridgehead atoms. The summed E-state index contributed by atoms with van der Waals surface area (Å²) in [7, 11) is 0. The number of hydrogen-bond acceptors (Lipinski definition) is 3. The third-order valence-corrected chi connectivity index (χ3v) is 4.46. The van der Waals surface area contributed by atoms with Crippen LogP contribution in [-0.2, 0) is 14.2 Å². The molecule has 3 nitrogen and oxygen atoms in total. The van der Waals surface area contributed by atoms with Gasteiger partial charge in [0, 0.05) is 38.4 Å². The van der Waals surface area contributed by atoms with Gasteiger partial charge in [-0.05, 0) is 38.5 Å². The fourth-order valence-corrected chi connectivity index (χ4v) is 2.55. The van der Waals surface area contributed by atoms with Crippen LogP contribution in [0.3, 0.4) is 0 Å². The quantitative estimate of drug-likeness (QED) is 0.220. The van der Waals surface area contributed by atoms with Crippen LogP contribution in [0.2, 0.25) is 0 Å². The van der Waals surface area contributed by atoms with E-state index in [0.717, 1.165) is 78.2 Å². The molecular formula is C21H42O3. The molecule has 0 fully saturated rings. The summed E-state index contributed by atoms with van der Waals surface area (Å²) in [6.45, 7) is 15.6. The fraction of sp³-hybridized carbons (Fsp3) is 0.905. The lowest BCUT2D eigenvalue weighted by molar-refractivity contribution is 0.0270. The van der Waals surface area contributed by atoms with E-state index < -0.39 is 0 Å². The Kier molecular flexibility index (Phi) is 17.2. The van der Waals surface area contributed by atoms with Crippen LogP contribution in [0.15, 0.2) is 12.7 Å². The maximum absolute atomic E-state index is 5.94. The summed E-state index contributed by atoms with van der Waals surface area (Å²) in [4.78, 5) is 0. The second-order valence-electron chi connectivity index (χ2n) is 6.76.